The van der Waals surface area contributed by atoms with Crippen molar-refractivity contribution in [2.24, 2.45) is 0 Å². The van der Waals surface area contributed by atoms with Gasteiger partial charge >= 0.3 is 5.97 Å². The molecule has 0 heterocycles. The van der Waals surface area contributed by atoms with Crippen LogP contribution in [0.15, 0.2) is 48.5 Å². The summed E-state index contributed by atoms with van der Waals surface area (Å²) >= 11 is 0. The highest BCUT2D eigenvalue weighted by atomic mass is 16.5. The highest BCUT2D eigenvalue weighted by molar-refractivity contribution is 6.14. The summed E-state index contributed by atoms with van der Waals surface area (Å²) in [5.41, 5.74) is 0.616. The molecule has 0 fully saturated rings. The van der Waals surface area contributed by atoms with E-state index in [4.69, 9.17) is 4.74 Å². The topological polar surface area (TPSA) is 63.6 Å². The van der Waals surface area contributed by atoms with Gasteiger partial charge in [-0.15, -0.1) is 0 Å². The summed E-state index contributed by atoms with van der Waals surface area (Å²) in [7, 11) is 0. The van der Waals surface area contributed by atoms with Gasteiger partial charge in [-0.2, -0.15) is 0 Å². The maximum Gasteiger partial charge on any atom is 0.336 e. The maximum absolute atomic E-state index is 12.6. The molecular weight excluding hydrogens is 328 g/mol. The van der Waals surface area contributed by atoms with Crippen molar-refractivity contribution in [2.45, 2.75) is 45.4 Å². The van der Waals surface area contributed by atoms with Crippen molar-refractivity contribution >= 4 is 11.8 Å². The molecule has 4 nitrogen and oxygen atoms in total. The van der Waals surface area contributed by atoms with Crippen molar-refractivity contribution in [1.29, 1.82) is 0 Å². The maximum atomic E-state index is 12.6. The second-order valence-corrected chi connectivity index (χ2v) is 6.32. The Labute approximate surface area is 154 Å². The zero-order chi connectivity index (χ0) is 18.8. The molecule has 2 rings (SSSR count). The Morgan fingerprint density at radius 3 is 2.27 bits per heavy atom. The van der Waals surface area contributed by atoms with Gasteiger partial charge in [-0.3, -0.25) is 4.79 Å². The number of hydrogen-bond donors (Lipinski definition) is 1. The number of unbranched alkanes of at least 4 members (excludes halogenated alkanes) is 5. The summed E-state index contributed by atoms with van der Waals surface area (Å²) in [6.07, 6.45) is 6.98. The van der Waals surface area contributed by atoms with E-state index < -0.39 is 5.97 Å². The van der Waals surface area contributed by atoms with E-state index in [1.165, 1.54) is 37.8 Å². The van der Waals surface area contributed by atoms with Crippen molar-refractivity contribution < 1.29 is 19.4 Å². The number of hydrogen-bond acceptors (Lipinski definition) is 3. The summed E-state index contributed by atoms with van der Waals surface area (Å²) in [5.74, 6) is -0.944. The van der Waals surface area contributed by atoms with Crippen LogP contribution in [-0.4, -0.2) is 23.5 Å². The first-order valence-corrected chi connectivity index (χ1v) is 9.23. The Morgan fingerprint density at radius 2 is 1.58 bits per heavy atom. The van der Waals surface area contributed by atoms with Crippen molar-refractivity contribution in [3.8, 4) is 5.75 Å². The van der Waals surface area contributed by atoms with Crippen LogP contribution in [0.2, 0.25) is 0 Å². The van der Waals surface area contributed by atoms with Crippen LogP contribution in [0, 0.1) is 0 Å². The van der Waals surface area contributed by atoms with Gasteiger partial charge in [-0.25, -0.2) is 4.79 Å². The standard InChI is InChI=1S/C22H26O4/c1-2-3-4-5-6-10-15-26-18-13-14-19(20(16-18)22(24)25)21(23)17-11-8-7-9-12-17/h7-9,11-14,16H,2-6,10,15H2,1H3,(H,24,25). The van der Waals surface area contributed by atoms with Crippen LogP contribution < -0.4 is 4.74 Å². The van der Waals surface area contributed by atoms with Gasteiger partial charge in [-0.05, 0) is 24.6 Å². The van der Waals surface area contributed by atoms with Crippen LogP contribution in [-0.2, 0) is 0 Å². The molecule has 0 aliphatic heterocycles. The number of carboxylic acids is 1. The first-order valence-electron chi connectivity index (χ1n) is 9.23. The van der Waals surface area contributed by atoms with Gasteiger partial charge in [-0.1, -0.05) is 69.4 Å². The van der Waals surface area contributed by atoms with Crippen molar-refractivity contribution in [3.63, 3.8) is 0 Å². The second-order valence-electron chi connectivity index (χ2n) is 6.32. The second kappa shape index (κ2) is 10.4. The molecular formula is C22H26O4. The molecule has 0 amide bonds. The fourth-order valence-electron chi connectivity index (χ4n) is 2.81. The molecule has 138 valence electrons. The van der Waals surface area contributed by atoms with E-state index in [9.17, 15) is 14.7 Å². The minimum atomic E-state index is -1.13. The molecule has 2 aromatic rings. The number of ketones is 1. The number of rotatable bonds is 11. The molecule has 0 aliphatic carbocycles. The van der Waals surface area contributed by atoms with Gasteiger partial charge in [0.2, 0.25) is 0 Å². The number of benzene rings is 2. The van der Waals surface area contributed by atoms with E-state index in [0.29, 0.717) is 17.9 Å². The fraction of sp³-hybridized carbons (Fsp3) is 0.364. The number of carbonyl (C=O) groups excluding carboxylic acids is 1. The van der Waals surface area contributed by atoms with Crippen molar-refractivity contribution in [3.05, 3.63) is 65.2 Å². The van der Waals surface area contributed by atoms with E-state index in [2.05, 4.69) is 6.92 Å². The largest absolute Gasteiger partial charge is 0.494 e. The average Bonchev–Trinajstić information content (AvgIpc) is 2.67. The zero-order valence-electron chi connectivity index (χ0n) is 15.2. The fourth-order valence-corrected chi connectivity index (χ4v) is 2.81. The molecule has 2 aromatic carbocycles. The predicted octanol–water partition coefficient (Wildman–Crippen LogP) is 5.36. The number of aromatic carboxylic acids is 1. The molecule has 4 heteroatoms. The van der Waals surface area contributed by atoms with Crippen LogP contribution in [0.25, 0.3) is 0 Å². The Morgan fingerprint density at radius 1 is 0.885 bits per heavy atom. The monoisotopic (exact) mass is 354 g/mol. The number of carboxylic acid groups (broad SMARTS) is 1. The van der Waals surface area contributed by atoms with Gasteiger partial charge in [0, 0.05) is 11.1 Å². The molecule has 0 spiro atoms. The molecule has 0 radical (unpaired) electrons. The van der Waals surface area contributed by atoms with Gasteiger partial charge < -0.3 is 9.84 Å². The third-order valence-electron chi connectivity index (χ3n) is 4.27. The minimum absolute atomic E-state index is 0.0284. The van der Waals surface area contributed by atoms with Crippen LogP contribution in [0.1, 0.15) is 71.7 Å². The quantitative estimate of drug-likeness (QED) is 0.436. The zero-order valence-corrected chi connectivity index (χ0v) is 15.2. The summed E-state index contributed by atoms with van der Waals surface area (Å²) in [6.45, 7) is 2.74. The first-order chi connectivity index (χ1) is 12.6. The summed E-state index contributed by atoms with van der Waals surface area (Å²) in [5, 5.41) is 9.47. The highest BCUT2D eigenvalue weighted by Crippen LogP contribution is 2.21. The molecule has 26 heavy (non-hydrogen) atoms. The van der Waals surface area contributed by atoms with E-state index >= 15 is 0 Å². The average molecular weight is 354 g/mol. The Balaban J connectivity index is 2.00. The smallest absolute Gasteiger partial charge is 0.336 e. The van der Waals surface area contributed by atoms with Gasteiger partial charge in [0.05, 0.1) is 12.2 Å². The van der Waals surface area contributed by atoms with Crippen LogP contribution >= 0.6 is 0 Å². The molecule has 0 atom stereocenters. The summed E-state index contributed by atoms with van der Waals surface area (Å²) in [6, 6.07) is 13.3. The Bertz CT molecular complexity index is 722. The van der Waals surface area contributed by atoms with Gasteiger partial charge in [0.1, 0.15) is 5.75 Å². The lowest BCUT2D eigenvalue weighted by Crippen LogP contribution is -2.10. The summed E-state index contributed by atoms with van der Waals surface area (Å²) in [4.78, 5) is 24.1. The lowest BCUT2D eigenvalue weighted by atomic mass is 9.98. The van der Waals surface area contributed by atoms with Crippen molar-refractivity contribution in [2.75, 3.05) is 6.61 Å². The Kier molecular flexibility index (Phi) is 7.87. The van der Waals surface area contributed by atoms with Crippen LogP contribution in [0.5, 0.6) is 5.75 Å². The predicted molar refractivity (Wildman–Crippen MR) is 102 cm³/mol. The van der Waals surface area contributed by atoms with E-state index in [1.807, 2.05) is 6.07 Å². The third-order valence-corrected chi connectivity index (χ3v) is 4.27. The molecule has 0 aromatic heterocycles. The summed E-state index contributed by atoms with van der Waals surface area (Å²) < 4.78 is 5.67. The SMILES string of the molecule is CCCCCCCCOc1ccc(C(=O)c2ccccc2)c(C(=O)O)c1. The molecule has 0 saturated heterocycles. The minimum Gasteiger partial charge on any atom is -0.494 e. The van der Waals surface area contributed by atoms with E-state index in [0.717, 1.165) is 12.8 Å². The molecule has 0 bridgehead atoms. The normalized spacial score (nSPS) is 10.5. The lowest BCUT2D eigenvalue weighted by Gasteiger charge is -2.10. The Hall–Kier alpha value is -2.62. The molecule has 1 N–H and O–H groups in total. The number of ether oxygens (including phenoxy) is 1. The van der Waals surface area contributed by atoms with Gasteiger partial charge in [0.25, 0.3) is 0 Å². The molecule has 0 unspecified atom stereocenters. The van der Waals surface area contributed by atoms with Crippen molar-refractivity contribution in [1.82, 2.24) is 0 Å². The molecule has 0 saturated carbocycles. The third kappa shape index (κ3) is 5.73. The van der Waals surface area contributed by atoms with E-state index in [-0.39, 0.29) is 16.9 Å². The van der Waals surface area contributed by atoms with Crippen LogP contribution in [0.3, 0.4) is 0 Å². The lowest BCUT2D eigenvalue weighted by molar-refractivity contribution is 0.0692. The molecule has 0 aliphatic rings. The first kappa shape index (κ1) is 19.7. The van der Waals surface area contributed by atoms with Gasteiger partial charge in [0.15, 0.2) is 5.78 Å². The van der Waals surface area contributed by atoms with E-state index in [1.54, 1.807) is 30.3 Å². The highest BCUT2D eigenvalue weighted by Gasteiger charge is 2.18. The van der Waals surface area contributed by atoms with Crippen LogP contribution in [0.4, 0.5) is 0 Å². The number of carbonyl (C=O) groups is 2.